The average molecular weight is 425 g/mol. The van der Waals surface area contributed by atoms with E-state index in [0.29, 0.717) is 30.2 Å². The van der Waals surface area contributed by atoms with Crippen LogP contribution in [0.15, 0.2) is 30.5 Å². The van der Waals surface area contributed by atoms with Gasteiger partial charge in [-0.05, 0) is 57.9 Å². The highest BCUT2D eigenvalue weighted by Gasteiger charge is 2.28. The summed E-state index contributed by atoms with van der Waals surface area (Å²) in [6.45, 7) is 6.82. The van der Waals surface area contributed by atoms with E-state index < -0.39 is 5.60 Å². The van der Waals surface area contributed by atoms with Crippen LogP contribution in [0.25, 0.3) is 16.9 Å². The van der Waals surface area contributed by atoms with E-state index in [4.69, 9.17) is 9.47 Å². The third kappa shape index (κ3) is 4.84. The quantitative estimate of drug-likeness (QED) is 0.680. The Hall–Kier alpha value is -3.43. The van der Waals surface area contributed by atoms with Crippen LogP contribution in [0.2, 0.25) is 0 Å². The molecule has 1 aliphatic rings. The summed E-state index contributed by atoms with van der Waals surface area (Å²) in [6, 6.07) is 7.53. The number of ether oxygens (including phenoxy) is 2. The number of nitrogens with zero attached hydrogens (tertiary/aromatic N) is 6. The molecule has 3 aromatic rings. The molecule has 1 amide bonds. The van der Waals surface area contributed by atoms with Crippen molar-refractivity contribution in [3.8, 4) is 11.4 Å². The van der Waals surface area contributed by atoms with E-state index in [0.717, 1.165) is 24.3 Å². The lowest BCUT2D eigenvalue weighted by Crippen LogP contribution is -2.47. The second-order valence-corrected chi connectivity index (χ2v) is 8.51. The fraction of sp³-hybridized carbons (Fsp3) is 0.476. The SMILES string of the molecule is COc1ccc(-n2nnc3cnc(N[C@@H]4CCCN(C(=O)OC(C)(C)C)C4)nc32)cc1. The molecule has 0 saturated carbocycles. The van der Waals surface area contributed by atoms with Crippen LogP contribution in [-0.2, 0) is 4.74 Å². The number of amides is 1. The van der Waals surface area contributed by atoms with Crippen LogP contribution >= 0.6 is 0 Å². The first-order valence-corrected chi connectivity index (χ1v) is 10.3. The third-order valence-corrected chi connectivity index (χ3v) is 4.92. The Morgan fingerprint density at radius 2 is 2.00 bits per heavy atom. The molecule has 3 heterocycles. The number of anilines is 1. The number of carbonyl (C=O) groups excluding carboxylic acids is 1. The van der Waals surface area contributed by atoms with E-state index in [-0.39, 0.29) is 12.1 Å². The minimum absolute atomic E-state index is 0.0315. The molecule has 1 fully saturated rings. The molecule has 164 valence electrons. The highest BCUT2D eigenvalue weighted by atomic mass is 16.6. The zero-order chi connectivity index (χ0) is 22.0. The lowest BCUT2D eigenvalue weighted by Gasteiger charge is -2.34. The molecule has 4 rings (SSSR count). The monoisotopic (exact) mass is 425 g/mol. The largest absolute Gasteiger partial charge is 0.497 e. The number of benzene rings is 1. The minimum Gasteiger partial charge on any atom is -0.497 e. The summed E-state index contributed by atoms with van der Waals surface area (Å²) >= 11 is 0. The normalized spacial score (nSPS) is 16.9. The maximum absolute atomic E-state index is 12.4. The van der Waals surface area contributed by atoms with Crippen LogP contribution in [0.4, 0.5) is 10.7 Å². The molecule has 10 heteroatoms. The first-order valence-electron chi connectivity index (χ1n) is 10.3. The molecule has 2 aromatic heterocycles. The third-order valence-electron chi connectivity index (χ3n) is 4.92. The van der Waals surface area contributed by atoms with Crippen molar-refractivity contribution >= 4 is 23.2 Å². The fourth-order valence-electron chi connectivity index (χ4n) is 3.46. The Morgan fingerprint density at radius 1 is 1.23 bits per heavy atom. The number of fused-ring (bicyclic) bond motifs is 1. The van der Waals surface area contributed by atoms with Crippen molar-refractivity contribution in [3.05, 3.63) is 30.5 Å². The van der Waals surface area contributed by atoms with Crippen LogP contribution in [0.1, 0.15) is 33.6 Å². The number of piperidine rings is 1. The fourth-order valence-corrected chi connectivity index (χ4v) is 3.46. The van der Waals surface area contributed by atoms with E-state index in [9.17, 15) is 4.79 Å². The van der Waals surface area contributed by atoms with Crippen LogP contribution in [0.5, 0.6) is 5.75 Å². The lowest BCUT2D eigenvalue weighted by molar-refractivity contribution is 0.0206. The lowest BCUT2D eigenvalue weighted by atomic mass is 10.1. The predicted octanol–water partition coefficient (Wildman–Crippen LogP) is 3.03. The molecule has 1 aliphatic heterocycles. The van der Waals surface area contributed by atoms with E-state index in [1.807, 2.05) is 45.0 Å². The van der Waals surface area contributed by atoms with E-state index in [2.05, 4.69) is 25.6 Å². The van der Waals surface area contributed by atoms with E-state index in [1.165, 1.54) is 0 Å². The van der Waals surface area contributed by atoms with Gasteiger partial charge in [0.05, 0.1) is 19.0 Å². The van der Waals surface area contributed by atoms with Crippen LogP contribution < -0.4 is 10.1 Å². The van der Waals surface area contributed by atoms with E-state index >= 15 is 0 Å². The Labute approximate surface area is 180 Å². The number of likely N-dealkylation sites (tertiary alicyclic amines) is 1. The molecule has 0 unspecified atom stereocenters. The summed E-state index contributed by atoms with van der Waals surface area (Å²) in [6.07, 6.45) is 3.14. The number of nitrogens with one attached hydrogen (secondary N) is 1. The van der Waals surface area contributed by atoms with Crippen molar-refractivity contribution in [3.63, 3.8) is 0 Å². The van der Waals surface area contributed by atoms with Crippen molar-refractivity contribution < 1.29 is 14.3 Å². The van der Waals surface area contributed by atoms with Gasteiger partial charge < -0.3 is 19.7 Å². The summed E-state index contributed by atoms with van der Waals surface area (Å²) < 4.78 is 12.4. The van der Waals surface area contributed by atoms with Gasteiger partial charge in [-0.25, -0.2) is 9.78 Å². The van der Waals surface area contributed by atoms with Gasteiger partial charge in [0.25, 0.3) is 0 Å². The molecule has 0 bridgehead atoms. The Balaban J connectivity index is 1.50. The van der Waals surface area contributed by atoms with Gasteiger partial charge in [0.2, 0.25) is 5.95 Å². The van der Waals surface area contributed by atoms with Crippen molar-refractivity contribution in [2.24, 2.45) is 0 Å². The van der Waals surface area contributed by atoms with Gasteiger partial charge in [0.15, 0.2) is 11.2 Å². The van der Waals surface area contributed by atoms with Gasteiger partial charge in [-0.1, -0.05) is 5.21 Å². The summed E-state index contributed by atoms with van der Waals surface area (Å²) in [5, 5.41) is 11.7. The molecule has 0 spiro atoms. The van der Waals surface area contributed by atoms with Gasteiger partial charge in [0.1, 0.15) is 11.4 Å². The van der Waals surface area contributed by atoms with Crippen LogP contribution in [0, 0.1) is 0 Å². The topological polar surface area (TPSA) is 107 Å². The molecule has 1 atom stereocenters. The maximum Gasteiger partial charge on any atom is 0.410 e. The maximum atomic E-state index is 12.4. The standard InChI is InChI=1S/C21H27N7O3/c1-21(2,3)31-20(29)27-11-5-6-14(13-27)23-19-22-12-17-18(24-19)28(26-25-17)15-7-9-16(30-4)10-8-15/h7-10,12,14H,5-6,11,13H2,1-4H3,(H,22,23,24)/t14-/m1/s1. The summed E-state index contributed by atoms with van der Waals surface area (Å²) in [4.78, 5) is 23.1. The summed E-state index contributed by atoms with van der Waals surface area (Å²) in [5.74, 6) is 1.23. The zero-order valence-corrected chi connectivity index (χ0v) is 18.2. The summed E-state index contributed by atoms with van der Waals surface area (Å²) in [5.41, 5.74) is 1.50. The smallest absolute Gasteiger partial charge is 0.410 e. The predicted molar refractivity (Wildman–Crippen MR) is 115 cm³/mol. The number of hydrogen-bond acceptors (Lipinski definition) is 8. The molecule has 31 heavy (non-hydrogen) atoms. The van der Waals surface area contributed by atoms with Gasteiger partial charge in [0, 0.05) is 19.1 Å². The van der Waals surface area contributed by atoms with Gasteiger partial charge >= 0.3 is 6.09 Å². The molecular formula is C21H27N7O3. The average Bonchev–Trinajstić information content (AvgIpc) is 3.16. The van der Waals surface area contributed by atoms with Gasteiger partial charge in [-0.3, -0.25) is 0 Å². The van der Waals surface area contributed by atoms with Crippen LogP contribution in [-0.4, -0.2) is 67.8 Å². The summed E-state index contributed by atoms with van der Waals surface area (Å²) in [7, 11) is 1.63. The Kier molecular flexibility index (Phi) is 5.62. The Bertz CT molecular complexity index is 1060. The van der Waals surface area contributed by atoms with E-state index in [1.54, 1.807) is 22.9 Å². The number of aromatic nitrogens is 5. The molecule has 0 radical (unpaired) electrons. The number of methoxy groups -OCH3 is 1. The van der Waals surface area contributed by atoms with Gasteiger partial charge in [-0.15, -0.1) is 5.10 Å². The Morgan fingerprint density at radius 3 is 2.71 bits per heavy atom. The molecule has 1 N–H and O–H groups in total. The van der Waals surface area contributed by atoms with Crippen LogP contribution in [0.3, 0.4) is 0 Å². The van der Waals surface area contributed by atoms with Crippen molar-refractivity contribution in [2.45, 2.75) is 45.3 Å². The molecule has 1 aromatic carbocycles. The first-order chi connectivity index (χ1) is 14.8. The highest BCUT2D eigenvalue weighted by Crippen LogP contribution is 2.20. The van der Waals surface area contributed by atoms with Crippen molar-refractivity contribution in [1.29, 1.82) is 0 Å². The van der Waals surface area contributed by atoms with Gasteiger partial charge in [-0.2, -0.15) is 9.67 Å². The highest BCUT2D eigenvalue weighted by molar-refractivity contribution is 5.72. The molecule has 1 saturated heterocycles. The van der Waals surface area contributed by atoms with Crippen molar-refractivity contribution in [1.82, 2.24) is 29.9 Å². The first kappa shape index (κ1) is 20.8. The second kappa shape index (κ2) is 8.37. The minimum atomic E-state index is -0.515. The number of rotatable bonds is 4. The second-order valence-electron chi connectivity index (χ2n) is 8.51. The van der Waals surface area contributed by atoms with Crippen molar-refractivity contribution in [2.75, 3.05) is 25.5 Å². The molecule has 0 aliphatic carbocycles. The number of carbonyl (C=O) groups is 1. The zero-order valence-electron chi connectivity index (χ0n) is 18.2. The molecule has 10 nitrogen and oxygen atoms in total. The number of hydrogen-bond donors (Lipinski definition) is 1. The molecular weight excluding hydrogens is 398 g/mol.